The van der Waals surface area contributed by atoms with Crippen molar-refractivity contribution in [3.63, 3.8) is 0 Å². The lowest BCUT2D eigenvalue weighted by Gasteiger charge is -2.02. The van der Waals surface area contributed by atoms with Crippen molar-refractivity contribution in [2.75, 3.05) is 0 Å². The van der Waals surface area contributed by atoms with Gasteiger partial charge in [0.15, 0.2) is 0 Å². The maximum Gasteiger partial charge on any atom is 0.138 e. The SMILES string of the molecule is CC(C)CCC(=O)Cc1sccc1Br. The first kappa shape index (κ1) is 11.9. The Kier molecular flexibility index (Phi) is 4.82. The van der Waals surface area contributed by atoms with Crippen molar-refractivity contribution in [3.8, 4) is 0 Å². The summed E-state index contributed by atoms with van der Waals surface area (Å²) in [5, 5.41) is 2.01. The van der Waals surface area contributed by atoms with Gasteiger partial charge in [-0.05, 0) is 39.7 Å². The van der Waals surface area contributed by atoms with Gasteiger partial charge in [0.25, 0.3) is 0 Å². The first-order valence-electron chi connectivity index (χ1n) is 4.83. The molecule has 0 saturated heterocycles. The summed E-state index contributed by atoms with van der Waals surface area (Å²) in [6, 6.07) is 2.00. The Morgan fingerprint density at radius 1 is 1.57 bits per heavy atom. The van der Waals surface area contributed by atoms with Crippen LogP contribution >= 0.6 is 27.3 Å². The van der Waals surface area contributed by atoms with E-state index in [0.29, 0.717) is 24.5 Å². The van der Waals surface area contributed by atoms with E-state index in [4.69, 9.17) is 0 Å². The van der Waals surface area contributed by atoms with Crippen molar-refractivity contribution in [3.05, 3.63) is 20.8 Å². The van der Waals surface area contributed by atoms with Crippen LogP contribution < -0.4 is 0 Å². The zero-order valence-corrected chi connectivity index (χ0v) is 11.0. The molecule has 0 N–H and O–H groups in total. The maximum absolute atomic E-state index is 11.6. The highest BCUT2D eigenvalue weighted by Crippen LogP contribution is 2.23. The van der Waals surface area contributed by atoms with Crippen LogP contribution in [0.4, 0.5) is 0 Å². The average Bonchev–Trinajstić information content (AvgIpc) is 2.49. The second kappa shape index (κ2) is 5.66. The molecular weight excluding hydrogens is 260 g/mol. The minimum absolute atomic E-state index is 0.349. The summed E-state index contributed by atoms with van der Waals surface area (Å²) >= 11 is 5.08. The minimum atomic E-state index is 0.349. The molecule has 0 aromatic carbocycles. The van der Waals surface area contributed by atoms with Crippen molar-refractivity contribution in [1.82, 2.24) is 0 Å². The highest BCUT2D eigenvalue weighted by molar-refractivity contribution is 9.10. The highest BCUT2D eigenvalue weighted by atomic mass is 79.9. The largest absolute Gasteiger partial charge is 0.299 e. The van der Waals surface area contributed by atoms with Crippen LogP contribution in [0, 0.1) is 5.92 Å². The molecule has 1 heterocycles. The molecular formula is C11H15BrOS. The summed E-state index contributed by atoms with van der Waals surface area (Å²) in [5.41, 5.74) is 0. The van der Waals surface area contributed by atoms with E-state index >= 15 is 0 Å². The molecule has 0 atom stereocenters. The van der Waals surface area contributed by atoms with Crippen LogP contribution in [0.3, 0.4) is 0 Å². The molecule has 0 saturated carbocycles. The summed E-state index contributed by atoms with van der Waals surface area (Å²) in [6.45, 7) is 4.29. The number of carbonyl (C=O) groups is 1. The van der Waals surface area contributed by atoms with Crippen LogP contribution in [0.25, 0.3) is 0 Å². The third-order valence-corrected chi connectivity index (χ3v) is 3.98. The normalized spacial score (nSPS) is 10.9. The van der Waals surface area contributed by atoms with Crippen LogP contribution in [0.15, 0.2) is 15.9 Å². The number of thiophene rings is 1. The van der Waals surface area contributed by atoms with E-state index in [2.05, 4.69) is 29.8 Å². The van der Waals surface area contributed by atoms with Gasteiger partial charge in [0.1, 0.15) is 5.78 Å². The van der Waals surface area contributed by atoms with Gasteiger partial charge in [0, 0.05) is 22.2 Å². The summed E-state index contributed by atoms with van der Waals surface area (Å²) in [7, 11) is 0. The lowest BCUT2D eigenvalue weighted by Crippen LogP contribution is -2.03. The van der Waals surface area contributed by atoms with Gasteiger partial charge in [-0.3, -0.25) is 4.79 Å². The molecule has 14 heavy (non-hydrogen) atoms. The van der Waals surface area contributed by atoms with Crippen molar-refractivity contribution in [1.29, 1.82) is 0 Å². The predicted molar refractivity (Wildman–Crippen MR) is 64.8 cm³/mol. The Bertz CT molecular complexity index is 304. The standard InChI is InChI=1S/C11H15BrOS/c1-8(2)3-4-9(13)7-11-10(12)5-6-14-11/h5-6,8H,3-4,7H2,1-2H3. The highest BCUT2D eigenvalue weighted by Gasteiger charge is 2.08. The molecule has 0 amide bonds. The molecule has 1 rings (SSSR count). The molecule has 3 heteroatoms. The molecule has 0 bridgehead atoms. The monoisotopic (exact) mass is 274 g/mol. The molecule has 0 unspecified atom stereocenters. The van der Waals surface area contributed by atoms with Gasteiger partial charge in [0.2, 0.25) is 0 Å². The number of ketones is 1. The number of Topliss-reactive ketones (excluding diaryl/α,β-unsaturated/α-hetero) is 1. The van der Waals surface area contributed by atoms with Gasteiger partial charge in [-0.25, -0.2) is 0 Å². The molecule has 1 nitrogen and oxygen atoms in total. The Morgan fingerprint density at radius 3 is 2.79 bits per heavy atom. The van der Waals surface area contributed by atoms with E-state index in [9.17, 15) is 4.79 Å². The van der Waals surface area contributed by atoms with Crippen LogP contribution in [0.1, 0.15) is 31.6 Å². The van der Waals surface area contributed by atoms with Crippen molar-refractivity contribution >= 4 is 33.0 Å². The number of hydrogen-bond acceptors (Lipinski definition) is 2. The van der Waals surface area contributed by atoms with Crippen LogP contribution in [-0.4, -0.2) is 5.78 Å². The van der Waals surface area contributed by atoms with E-state index in [1.54, 1.807) is 11.3 Å². The molecule has 1 aromatic heterocycles. The average molecular weight is 275 g/mol. The number of rotatable bonds is 5. The van der Waals surface area contributed by atoms with E-state index in [0.717, 1.165) is 15.8 Å². The summed E-state index contributed by atoms with van der Waals surface area (Å²) in [6.07, 6.45) is 2.30. The van der Waals surface area contributed by atoms with Crippen LogP contribution in [-0.2, 0) is 11.2 Å². The number of halogens is 1. The summed E-state index contributed by atoms with van der Waals surface area (Å²) in [4.78, 5) is 12.7. The van der Waals surface area contributed by atoms with Gasteiger partial charge in [-0.1, -0.05) is 13.8 Å². The van der Waals surface area contributed by atoms with Crippen molar-refractivity contribution in [2.45, 2.75) is 33.1 Å². The first-order valence-corrected chi connectivity index (χ1v) is 6.50. The Labute approximate surface area is 97.7 Å². The second-order valence-corrected chi connectivity index (χ2v) is 5.69. The molecule has 0 aliphatic heterocycles. The predicted octanol–water partition coefficient (Wildman–Crippen LogP) is 4.06. The van der Waals surface area contributed by atoms with Gasteiger partial charge in [-0.15, -0.1) is 11.3 Å². The summed E-state index contributed by atoms with van der Waals surface area (Å²) < 4.78 is 1.07. The molecule has 0 spiro atoms. The zero-order valence-electron chi connectivity index (χ0n) is 8.55. The second-order valence-electron chi connectivity index (χ2n) is 3.84. The third kappa shape index (κ3) is 3.93. The Morgan fingerprint density at radius 2 is 2.29 bits per heavy atom. The van der Waals surface area contributed by atoms with Gasteiger partial charge < -0.3 is 0 Å². The maximum atomic E-state index is 11.6. The van der Waals surface area contributed by atoms with Gasteiger partial charge >= 0.3 is 0 Å². The van der Waals surface area contributed by atoms with Crippen molar-refractivity contribution in [2.24, 2.45) is 5.92 Å². The van der Waals surface area contributed by atoms with E-state index in [1.165, 1.54) is 0 Å². The van der Waals surface area contributed by atoms with Gasteiger partial charge in [0.05, 0.1) is 0 Å². The Hall–Kier alpha value is -0.150. The lowest BCUT2D eigenvalue weighted by atomic mass is 10.0. The Balaban J connectivity index is 2.38. The fraction of sp³-hybridized carbons (Fsp3) is 0.545. The number of carbonyl (C=O) groups excluding carboxylic acids is 1. The van der Waals surface area contributed by atoms with Crippen molar-refractivity contribution < 1.29 is 4.79 Å². The topological polar surface area (TPSA) is 17.1 Å². The minimum Gasteiger partial charge on any atom is -0.299 e. The van der Waals surface area contributed by atoms with Crippen LogP contribution in [0.2, 0.25) is 0 Å². The molecule has 1 aromatic rings. The molecule has 0 aliphatic carbocycles. The quantitative estimate of drug-likeness (QED) is 0.792. The fourth-order valence-corrected chi connectivity index (χ4v) is 2.69. The molecule has 78 valence electrons. The van der Waals surface area contributed by atoms with E-state index < -0.39 is 0 Å². The first-order chi connectivity index (χ1) is 6.59. The smallest absolute Gasteiger partial charge is 0.138 e. The lowest BCUT2D eigenvalue weighted by molar-refractivity contribution is -0.118. The third-order valence-electron chi connectivity index (χ3n) is 2.05. The van der Waals surface area contributed by atoms with Gasteiger partial charge in [-0.2, -0.15) is 0 Å². The molecule has 0 aliphatic rings. The zero-order chi connectivity index (χ0) is 10.6. The van der Waals surface area contributed by atoms with E-state index in [-0.39, 0.29) is 0 Å². The van der Waals surface area contributed by atoms with Crippen LogP contribution in [0.5, 0.6) is 0 Å². The number of hydrogen-bond donors (Lipinski definition) is 0. The molecule has 0 radical (unpaired) electrons. The molecule has 0 fully saturated rings. The fourth-order valence-electron chi connectivity index (χ4n) is 1.17. The van der Waals surface area contributed by atoms with E-state index in [1.807, 2.05) is 11.4 Å². The summed E-state index contributed by atoms with van der Waals surface area (Å²) in [5.74, 6) is 0.965.